The molecule has 12 heteroatoms. The number of aromatic nitrogens is 1. The molecule has 1 saturated carbocycles. The van der Waals surface area contributed by atoms with Gasteiger partial charge in [0.2, 0.25) is 11.8 Å². The molecule has 1 aliphatic carbocycles. The van der Waals surface area contributed by atoms with Crippen LogP contribution in [0.25, 0.3) is 0 Å². The van der Waals surface area contributed by atoms with E-state index in [-0.39, 0.29) is 11.1 Å². The number of ether oxygens (including phenoxy) is 2. The largest absolute Gasteiger partial charge is 0.481 e. The molecule has 2 heterocycles. The predicted molar refractivity (Wildman–Crippen MR) is 148 cm³/mol. The molecule has 9 nitrogen and oxygen atoms in total. The van der Waals surface area contributed by atoms with Crippen LogP contribution < -0.4 is 10.5 Å². The zero-order valence-electron chi connectivity index (χ0n) is 22.2. The summed E-state index contributed by atoms with van der Waals surface area (Å²) in [4.78, 5) is 36.0. The van der Waals surface area contributed by atoms with Gasteiger partial charge in [-0.3, -0.25) is 9.79 Å². The molecular formula is C24H37BrN4O5SSi. The van der Waals surface area contributed by atoms with Gasteiger partial charge in [0.25, 0.3) is 0 Å². The van der Waals surface area contributed by atoms with E-state index in [0.717, 1.165) is 22.3 Å². The Balaban J connectivity index is 2.15. The molecular weight excluding hydrogens is 564 g/mol. The molecule has 1 aliphatic heterocycles. The average Bonchev–Trinajstić information content (AvgIpc) is 3.48. The first kappa shape index (κ1) is 28.9. The molecule has 1 unspecified atom stereocenters. The Kier molecular flexibility index (Phi) is 7.97. The lowest BCUT2D eigenvalue weighted by Crippen LogP contribution is -2.54. The van der Waals surface area contributed by atoms with E-state index in [2.05, 4.69) is 40.6 Å². The van der Waals surface area contributed by atoms with Crippen LogP contribution in [0.2, 0.25) is 25.7 Å². The monoisotopic (exact) mass is 600 g/mol. The van der Waals surface area contributed by atoms with Gasteiger partial charge in [0.05, 0.1) is 12.6 Å². The van der Waals surface area contributed by atoms with Crippen molar-refractivity contribution >= 4 is 52.9 Å². The van der Waals surface area contributed by atoms with Crippen LogP contribution in [0, 0.1) is 11.3 Å². The first-order valence-electron chi connectivity index (χ1n) is 11.9. The second kappa shape index (κ2) is 9.92. The molecule has 1 aromatic rings. The molecule has 2 amide bonds. The van der Waals surface area contributed by atoms with Gasteiger partial charge < -0.3 is 20.3 Å². The van der Waals surface area contributed by atoms with Crippen molar-refractivity contribution in [2.45, 2.75) is 76.3 Å². The summed E-state index contributed by atoms with van der Waals surface area (Å²) in [5, 5.41) is 10.6. The summed E-state index contributed by atoms with van der Waals surface area (Å²) in [7, 11) is 0.107. The Morgan fingerprint density at radius 3 is 2.53 bits per heavy atom. The van der Waals surface area contributed by atoms with Crippen LogP contribution >= 0.6 is 27.7 Å². The van der Waals surface area contributed by atoms with E-state index < -0.39 is 42.0 Å². The lowest BCUT2D eigenvalue weighted by atomic mass is 9.86. The van der Waals surface area contributed by atoms with E-state index in [4.69, 9.17) is 20.2 Å². The van der Waals surface area contributed by atoms with Crippen molar-refractivity contribution in [2.24, 2.45) is 22.1 Å². The molecule has 0 saturated heterocycles. The molecule has 3 rings (SSSR count). The number of hydrogen-bond acceptors (Lipinski definition) is 7. The molecule has 2 aliphatic rings. The first-order chi connectivity index (χ1) is 16.5. The molecule has 200 valence electrons. The molecule has 1 fully saturated rings. The highest BCUT2D eigenvalue weighted by molar-refractivity contribution is 9.10. The minimum Gasteiger partial charge on any atom is -0.481 e. The topological polar surface area (TPSA) is 127 Å². The summed E-state index contributed by atoms with van der Waals surface area (Å²) in [6, 6.07) is 2.74. The summed E-state index contributed by atoms with van der Waals surface area (Å²) >= 11 is 4.60. The number of nitrogens with zero attached hydrogens (tertiary/aromatic N) is 3. The third-order valence-electron chi connectivity index (χ3n) is 6.68. The molecule has 1 aromatic heterocycles. The molecule has 0 bridgehead atoms. The first-order valence-corrected chi connectivity index (χ1v) is 17.2. The predicted octanol–water partition coefficient (Wildman–Crippen LogP) is 5.12. The van der Waals surface area contributed by atoms with E-state index in [1.807, 2.05) is 33.8 Å². The number of carbonyl (C=O) groups excluding carboxylic acids is 1. The summed E-state index contributed by atoms with van der Waals surface area (Å²) in [5.41, 5.74) is 5.01. The van der Waals surface area contributed by atoms with Gasteiger partial charge in [-0.05, 0) is 41.4 Å². The lowest BCUT2D eigenvalue weighted by molar-refractivity contribution is -0.118. The Labute approximate surface area is 226 Å². The second-order valence-electron chi connectivity index (χ2n) is 11.9. The highest BCUT2D eigenvalue weighted by Crippen LogP contribution is 2.67. The minimum absolute atomic E-state index is 0.188. The van der Waals surface area contributed by atoms with Gasteiger partial charge >= 0.3 is 6.09 Å². The zero-order valence-corrected chi connectivity index (χ0v) is 25.6. The number of hydrogen-bond donors (Lipinski definition) is 2. The van der Waals surface area contributed by atoms with E-state index in [9.17, 15) is 14.7 Å². The Morgan fingerprint density at radius 2 is 2.03 bits per heavy atom. The SMILES string of the molecule is COc1ncc(Br)cc1[C@@]1(C)N=C(N(C(=O)O)C(OCC[Si](C)(C)C)C(C)(C)C)S[C@@]2(C(N)=O)C[C@H]21. The van der Waals surface area contributed by atoms with Crippen LogP contribution in [0.4, 0.5) is 4.79 Å². The fraction of sp³-hybridized carbons (Fsp3) is 0.667. The molecule has 3 N–H and O–H groups in total. The van der Waals surface area contributed by atoms with Crippen LogP contribution in [0.5, 0.6) is 5.88 Å². The van der Waals surface area contributed by atoms with E-state index in [1.165, 1.54) is 12.0 Å². The maximum absolute atomic E-state index is 12.8. The Hall–Kier alpha value is -1.63. The van der Waals surface area contributed by atoms with Crippen LogP contribution in [-0.2, 0) is 15.1 Å². The number of rotatable bonds is 8. The fourth-order valence-corrected chi connectivity index (χ4v) is 7.19. The van der Waals surface area contributed by atoms with Crippen molar-refractivity contribution in [3.05, 3.63) is 22.3 Å². The van der Waals surface area contributed by atoms with Gasteiger partial charge in [0, 0.05) is 42.2 Å². The normalized spacial score (nSPS) is 26.5. The molecule has 4 atom stereocenters. The summed E-state index contributed by atoms with van der Waals surface area (Å²) in [6.45, 7) is 14.8. The van der Waals surface area contributed by atoms with Gasteiger partial charge in [-0.25, -0.2) is 14.7 Å². The minimum atomic E-state index is -1.41. The molecule has 36 heavy (non-hydrogen) atoms. The third kappa shape index (κ3) is 5.61. The maximum Gasteiger partial charge on any atom is 0.415 e. The van der Waals surface area contributed by atoms with Gasteiger partial charge in [-0.2, -0.15) is 0 Å². The highest BCUT2D eigenvalue weighted by atomic mass is 79.9. The number of fused-ring (bicyclic) bond motifs is 1. The maximum atomic E-state index is 12.8. The van der Waals surface area contributed by atoms with Crippen LogP contribution in [0.1, 0.15) is 39.7 Å². The number of nitrogens with two attached hydrogens (primary N) is 1. The number of pyridine rings is 1. The van der Waals surface area contributed by atoms with Gasteiger partial charge in [-0.15, -0.1) is 0 Å². The zero-order chi connectivity index (χ0) is 27.3. The average molecular weight is 602 g/mol. The molecule has 0 aromatic carbocycles. The van der Waals surface area contributed by atoms with Crippen molar-refractivity contribution in [2.75, 3.05) is 13.7 Å². The number of aliphatic imine (C=N–C) groups is 1. The number of halogens is 1. The summed E-state index contributed by atoms with van der Waals surface area (Å²) < 4.78 is 11.5. The van der Waals surface area contributed by atoms with E-state index in [0.29, 0.717) is 24.5 Å². The third-order valence-corrected chi connectivity index (χ3v) is 10.3. The van der Waals surface area contributed by atoms with Crippen molar-refractivity contribution in [1.82, 2.24) is 9.88 Å². The highest BCUT2D eigenvalue weighted by Gasteiger charge is 2.71. The van der Waals surface area contributed by atoms with Crippen molar-refractivity contribution in [3.8, 4) is 5.88 Å². The molecule has 0 radical (unpaired) electrons. The van der Waals surface area contributed by atoms with Gasteiger partial charge in [0.1, 0.15) is 11.0 Å². The smallest absolute Gasteiger partial charge is 0.415 e. The quantitative estimate of drug-likeness (QED) is 0.313. The number of amides is 2. The second-order valence-corrected chi connectivity index (χ2v) is 19.8. The van der Waals surface area contributed by atoms with Crippen LogP contribution in [0.3, 0.4) is 0 Å². The van der Waals surface area contributed by atoms with Gasteiger partial charge in [0.15, 0.2) is 5.17 Å². The number of primary amides is 1. The fourth-order valence-electron chi connectivity index (χ4n) is 4.57. The number of methoxy groups -OCH3 is 1. The lowest BCUT2D eigenvalue weighted by Gasteiger charge is -2.42. The standard InChI is InChI=1S/C24H37BrN4O5SSi/c1-22(2,3)19(34-9-10-36(6,7)8)29(21(31)32)20-28-23(4,16-12-24(16,35-20)18(26)30)15-11-14(25)13-27-17(15)33-5/h11,13,16,19H,9-10,12H2,1-8H3,(H2,26,30)(H,31,32)/t16-,19?,23+,24-/m0/s1. The Morgan fingerprint density at radius 1 is 1.39 bits per heavy atom. The van der Waals surface area contributed by atoms with Crippen LogP contribution in [0.15, 0.2) is 21.7 Å². The van der Waals surface area contributed by atoms with Crippen LogP contribution in [-0.4, -0.2) is 64.9 Å². The number of amidine groups is 1. The Bertz CT molecular complexity index is 1080. The summed E-state index contributed by atoms with van der Waals surface area (Å²) in [5.74, 6) is -0.366. The van der Waals surface area contributed by atoms with E-state index >= 15 is 0 Å². The van der Waals surface area contributed by atoms with Crippen molar-refractivity contribution < 1.29 is 24.2 Å². The van der Waals surface area contributed by atoms with E-state index in [1.54, 1.807) is 6.20 Å². The summed E-state index contributed by atoms with van der Waals surface area (Å²) in [6.07, 6.45) is 0.0726. The number of thioether (sulfide) groups is 1. The van der Waals surface area contributed by atoms with Crippen molar-refractivity contribution in [1.29, 1.82) is 0 Å². The molecule has 0 spiro atoms. The number of carboxylic acid groups (broad SMARTS) is 1. The van der Waals surface area contributed by atoms with Gasteiger partial charge in [-0.1, -0.05) is 52.2 Å². The van der Waals surface area contributed by atoms with Crippen molar-refractivity contribution in [3.63, 3.8) is 0 Å². The number of carbonyl (C=O) groups is 2.